The van der Waals surface area contributed by atoms with Crippen LogP contribution in [0.2, 0.25) is 0 Å². The Morgan fingerprint density at radius 3 is 2.52 bits per heavy atom. The number of morpholine rings is 1. The molecule has 29 heavy (non-hydrogen) atoms. The molecule has 1 aliphatic heterocycles. The van der Waals surface area contributed by atoms with Crippen LogP contribution in [0.1, 0.15) is 19.3 Å². The molecule has 1 N–H and O–H groups in total. The van der Waals surface area contributed by atoms with Gasteiger partial charge in [-0.2, -0.15) is 0 Å². The van der Waals surface area contributed by atoms with Crippen LogP contribution in [0.4, 0.5) is 11.9 Å². The molecule has 0 radical (unpaired) electrons. The van der Waals surface area contributed by atoms with Crippen molar-refractivity contribution in [1.29, 1.82) is 0 Å². The highest BCUT2D eigenvalue weighted by Crippen LogP contribution is 2.69. The van der Waals surface area contributed by atoms with E-state index < -0.39 is 0 Å². The molecule has 2 bridgehead atoms. The molecule has 3 saturated carbocycles. The van der Waals surface area contributed by atoms with Gasteiger partial charge < -0.3 is 19.1 Å². The summed E-state index contributed by atoms with van der Waals surface area (Å²) in [6.45, 7) is 2.87. The molecule has 0 unspecified atom stereocenters. The molecular formula is C18H23N7O4. The number of nitrogens with zero attached hydrogens (tertiary/aromatic N) is 6. The Labute approximate surface area is 167 Å². The van der Waals surface area contributed by atoms with E-state index >= 15 is 0 Å². The van der Waals surface area contributed by atoms with E-state index in [0.717, 1.165) is 32.4 Å². The zero-order valence-electron chi connectivity index (χ0n) is 16.4. The molecule has 0 aromatic carbocycles. The van der Waals surface area contributed by atoms with Gasteiger partial charge in [-0.3, -0.25) is 14.7 Å². The second-order valence-electron chi connectivity index (χ2n) is 7.94. The second-order valence-corrected chi connectivity index (χ2v) is 7.94. The Hall–Kier alpha value is -2.79. The minimum absolute atomic E-state index is 0.0447. The van der Waals surface area contributed by atoms with Crippen LogP contribution in [0, 0.1) is 5.41 Å². The minimum Gasteiger partial charge on any atom is -0.421 e. The molecule has 4 fully saturated rings. The van der Waals surface area contributed by atoms with Crippen molar-refractivity contribution >= 4 is 17.8 Å². The molecule has 6 rings (SSSR count). The van der Waals surface area contributed by atoms with E-state index in [1.807, 2.05) is 0 Å². The monoisotopic (exact) mass is 401 g/mol. The number of nitrogens with one attached hydrogen (secondary N) is 1. The maximum absolute atomic E-state index is 12.6. The number of aromatic nitrogens is 5. The summed E-state index contributed by atoms with van der Waals surface area (Å²) in [7, 11) is 3.43. The normalized spacial score (nSPS) is 27.7. The first-order chi connectivity index (χ1) is 14.0. The third kappa shape index (κ3) is 3.01. The van der Waals surface area contributed by atoms with Gasteiger partial charge in [0.25, 0.3) is 0 Å². The van der Waals surface area contributed by atoms with Crippen molar-refractivity contribution in [2.75, 3.05) is 43.6 Å². The number of hydrogen-bond donors (Lipinski definition) is 1. The quantitative estimate of drug-likeness (QED) is 0.748. The number of carbonyl (C=O) groups is 1. The zero-order chi connectivity index (χ0) is 20.1. The topological polar surface area (TPSA) is 117 Å². The lowest BCUT2D eigenvalue weighted by Gasteiger charge is -2.67. The van der Waals surface area contributed by atoms with Crippen LogP contribution < -0.4 is 15.0 Å². The van der Waals surface area contributed by atoms with Crippen molar-refractivity contribution in [3.05, 3.63) is 12.4 Å². The fraction of sp³-hybridized carbons (Fsp3) is 0.611. The summed E-state index contributed by atoms with van der Waals surface area (Å²) < 4.78 is 18.1. The molecule has 1 amide bonds. The zero-order valence-corrected chi connectivity index (χ0v) is 16.4. The number of amides is 1. The third-order valence-electron chi connectivity index (χ3n) is 6.07. The summed E-state index contributed by atoms with van der Waals surface area (Å²) in [5.74, 6) is 1.37. The number of methoxy groups -OCH3 is 1. The molecule has 3 heterocycles. The Bertz CT molecular complexity index is 903. The van der Waals surface area contributed by atoms with Gasteiger partial charge in [-0.1, -0.05) is 5.10 Å². The van der Waals surface area contributed by atoms with E-state index in [2.05, 4.69) is 30.4 Å². The lowest BCUT2D eigenvalue weighted by molar-refractivity contribution is -0.260. The van der Waals surface area contributed by atoms with E-state index in [1.165, 1.54) is 0 Å². The predicted octanol–water partition coefficient (Wildman–Crippen LogP) is 0.742. The minimum atomic E-state index is -0.327. The molecule has 0 spiro atoms. The van der Waals surface area contributed by atoms with Crippen molar-refractivity contribution in [3.8, 4) is 11.8 Å². The number of ether oxygens (including phenoxy) is 3. The molecule has 11 heteroatoms. The summed E-state index contributed by atoms with van der Waals surface area (Å²) in [5.41, 5.74) is -0.412. The summed E-state index contributed by atoms with van der Waals surface area (Å²) in [6.07, 6.45) is 5.47. The van der Waals surface area contributed by atoms with E-state index in [9.17, 15) is 4.79 Å². The summed E-state index contributed by atoms with van der Waals surface area (Å²) in [6, 6.07) is 0.244. The van der Waals surface area contributed by atoms with Crippen LogP contribution in [0.25, 0.3) is 0 Å². The van der Waals surface area contributed by atoms with E-state index in [1.54, 1.807) is 31.1 Å². The molecule has 154 valence electrons. The largest absolute Gasteiger partial charge is 0.421 e. The van der Waals surface area contributed by atoms with Crippen molar-refractivity contribution in [3.63, 3.8) is 0 Å². The molecule has 4 aliphatic rings. The first-order valence-corrected chi connectivity index (χ1v) is 9.61. The van der Waals surface area contributed by atoms with Gasteiger partial charge in [-0.25, -0.2) is 9.97 Å². The third-order valence-corrected chi connectivity index (χ3v) is 6.07. The lowest BCUT2D eigenvalue weighted by atomic mass is 9.41. The first-order valence-electron chi connectivity index (χ1n) is 9.61. The number of hydrogen-bond acceptors (Lipinski definition) is 9. The van der Waals surface area contributed by atoms with Crippen LogP contribution >= 0.6 is 0 Å². The van der Waals surface area contributed by atoms with Crippen LogP contribution in [-0.4, -0.2) is 69.7 Å². The van der Waals surface area contributed by atoms with Gasteiger partial charge in [-0.15, -0.1) is 5.10 Å². The molecule has 1 saturated heterocycles. The average molecular weight is 401 g/mol. The Morgan fingerprint density at radius 2 is 1.86 bits per heavy atom. The smallest absolute Gasteiger partial charge is 0.323 e. The highest BCUT2D eigenvalue weighted by Gasteiger charge is 2.72. The summed E-state index contributed by atoms with van der Waals surface area (Å²) in [4.78, 5) is 23.4. The molecule has 0 atom stereocenters. The number of anilines is 2. The summed E-state index contributed by atoms with van der Waals surface area (Å²) in [5, 5.41) is 10.9. The lowest BCUT2D eigenvalue weighted by Crippen LogP contribution is -2.72. The number of carbonyl (C=O) groups excluding carboxylic acids is 1. The van der Waals surface area contributed by atoms with Crippen LogP contribution in [0.3, 0.4) is 0 Å². The van der Waals surface area contributed by atoms with Crippen molar-refractivity contribution in [1.82, 2.24) is 24.7 Å². The van der Waals surface area contributed by atoms with Gasteiger partial charge in [0.1, 0.15) is 0 Å². The Balaban J connectivity index is 1.21. The standard InChI is InChI=1S/C18H23N7O4/c1-24-15(21-13(26)17-9-18(10-17,11-17)27-2)22-23-16(24)29-12-7-19-14(20-8-12)25-3-5-28-6-4-25/h7-8H,3-6,9-11H2,1-2H3,(H,21,22,26). The Kier molecular flexibility index (Phi) is 4.17. The van der Waals surface area contributed by atoms with Crippen molar-refractivity contribution in [2.45, 2.75) is 24.9 Å². The van der Waals surface area contributed by atoms with Crippen molar-refractivity contribution < 1.29 is 19.0 Å². The van der Waals surface area contributed by atoms with Gasteiger partial charge in [-0.05, 0) is 19.3 Å². The number of rotatable bonds is 6. The van der Waals surface area contributed by atoms with E-state index in [-0.39, 0.29) is 22.9 Å². The van der Waals surface area contributed by atoms with Gasteiger partial charge in [0.05, 0.1) is 36.6 Å². The van der Waals surface area contributed by atoms with E-state index in [0.29, 0.717) is 30.9 Å². The maximum atomic E-state index is 12.6. The van der Waals surface area contributed by atoms with Crippen LogP contribution in [0.5, 0.6) is 11.8 Å². The van der Waals surface area contributed by atoms with Gasteiger partial charge >= 0.3 is 6.01 Å². The molecular weight excluding hydrogens is 378 g/mol. The average Bonchev–Trinajstić information content (AvgIpc) is 3.01. The predicted molar refractivity (Wildman–Crippen MR) is 101 cm³/mol. The fourth-order valence-electron chi connectivity index (χ4n) is 4.29. The molecule has 11 nitrogen and oxygen atoms in total. The molecule has 2 aromatic heterocycles. The van der Waals surface area contributed by atoms with E-state index in [4.69, 9.17) is 14.2 Å². The van der Waals surface area contributed by atoms with Crippen LogP contribution in [-0.2, 0) is 21.3 Å². The van der Waals surface area contributed by atoms with Gasteiger partial charge in [0, 0.05) is 27.2 Å². The van der Waals surface area contributed by atoms with Crippen molar-refractivity contribution in [2.24, 2.45) is 12.5 Å². The second kappa shape index (κ2) is 6.63. The van der Waals surface area contributed by atoms with Gasteiger partial charge in [0.2, 0.25) is 17.8 Å². The SMILES string of the molecule is COC12CC(C(=O)Nc3nnc(Oc4cnc(N5CCOCC5)nc4)n3C)(C1)C2. The summed E-state index contributed by atoms with van der Waals surface area (Å²) >= 11 is 0. The first kappa shape index (κ1) is 18.3. The Morgan fingerprint density at radius 1 is 1.17 bits per heavy atom. The highest BCUT2D eigenvalue weighted by molar-refractivity contribution is 5.97. The maximum Gasteiger partial charge on any atom is 0.323 e. The fourth-order valence-corrected chi connectivity index (χ4v) is 4.29. The highest BCUT2D eigenvalue weighted by atomic mass is 16.5. The van der Waals surface area contributed by atoms with Crippen LogP contribution in [0.15, 0.2) is 12.4 Å². The molecule has 3 aliphatic carbocycles. The molecule has 2 aromatic rings. The van der Waals surface area contributed by atoms with Gasteiger partial charge in [0.15, 0.2) is 5.75 Å².